The molecule has 0 radical (unpaired) electrons. The zero-order chi connectivity index (χ0) is 38.9. The highest BCUT2D eigenvalue weighted by Crippen LogP contribution is 2.39. The molecule has 8 heteroatoms. The van der Waals surface area contributed by atoms with Gasteiger partial charge in [-0.3, -0.25) is 14.4 Å². The van der Waals surface area contributed by atoms with E-state index in [1.165, 1.54) is 44.8 Å². The van der Waals surface area contributed by atoms with Gasteiger partial charge in [-0.2, -0.15) is 0 Å². The summed E-state index contributed by atoms with van der Waals surface area (Å²) in [6.45, 7) is 11.7. The van der Waals surface area contributed by atoms with Gasteiger partial charge in [0, 0.05) is 56.1 Å². The molecule has 1 aromatic heterocycles. The summed E-state index contributed by atoms with van der Waals surface area (Å²) in [7, 11) is 6.32. The standard InChI is InChI=1S/C45H58N4O2.CH3NO/c1-8-10-16-39-32(4)47(7)44(40(39)17-11-9-2)41-26-36-22-23-48(43(50)25-33-18-20-34(21-19-33)28-46(5)6)29-38(36)27-42(41)45(51)49-30-37-15-13-12-14-35(37)24-31(49)3;2-1-3/h12-15,18-21,26-27,31H,8-11,16-17,22-25,28-30H2,1-7H3;1H,(H2,2,3)/t31-;/m1./s1. The molecule has 2 N–H and O–H groups in total. The summed E-state index contributed by atoms with van der Waals surface area (Å²) in [5, 5.41) is 0. The molecule has 0 fully saturated rings. The van der Waals surface area contributed by atoms with Crippen molar-refractivity contribution in [3.05, 3.63) is 116 Å². The molecule has 2 aliphatic heterocycles. The Kier molecular flexibility index (Phi) is 13.9. The maximum Gasteiger partial charge on any atom is 0.255 e. The molecule has 3 heterocycles. The van der Waals surface area contributed by atoms with E-state index in [4.69, 9.17) is 4.79 Å². The number of carbonyl (C=O) groups excluding carboxylic acids is 3. The van der Waals surface area contributed by atoms with Crippen LogP contribution in [0.4, 0.5) is 0 Å². The van der Waals surface area contributed by atoms with Gasteiger partial charge in [-0.1, -0.05) is 75.2 Å². The predicted octanol–water partition coefficient (Wildman–Crippen LogP) is 7.56. The minimum absolute atomic E-state index is 0.0893. The minimum Gasteiger partial charge on any atom is -0.372 e. The van der Waals surface area contributed by atoms with Crippen molar-refractivity contribution in [2.45, 2.75) is 111 Å². The predicted molar refractivity (Wildman–Crippen MR) is 219 cm³/mol. The first kappa shape index (κ1) is 40.5. The van der Waals surface area contributed by atoms with Crippen LogP contribution < -0.4 is 5.73 Å². The third-order valence-corrected chi connectivity index (χ3v) is 11.3. The van der Waals surface area contributed by atoms with Gasteiger partial charge in [-0.25, -0.2) is 0 Å². The smallest absolute Gasteiger partial charge is 0.255 e. The zero-order valence-corrected chi connectivity index (χ0v) is 33.7. The van der Waals surface area contributed by atoms with E-state index in [1.807, 2.05) is 4.90 Å². The molecule has 54 heavy (non-hydrogen) atoms. The van der Waals surface area contributed by atoms with Crippen LogP contribution in [0.3, 0.4) is 0 Å². The fraction of sp³-hybridized carbons (Fsp3) is 0.457. The Bertz CT molecular complexity index is 1930. The largest absolute Gasteiger partial charge is 0.372 e. The number of hydrogen-bond acceptors (Lipinski definition) is 4. The molecule has 0 spiro atoms. The van der Waals surface area contributed by atoms with E-state index in [2.05, 4.69) is 130 Å². The van der Waals surface area contributed by atoms with Gasteiger partial charge in [0.15, 0.2) is 0 Å². The topological polar surface area (TPSA) is 91.9 Å². The van der Waals surface area contributed by atoms with Crippen LogP contribution in [-0.2, 0) is 68.4 Å². The Morgan fingerprint density at radius 2 is 1.50 bits per heavy atom. The van der Waals surface area contributed by atoms with Gasteiger partial charge >= 0.3 is 0 Å². The van der Waals surface area contributed by atoms with Crippen molar-refractivity contribution in [1.29, 1.82) is 0 Å². The molecular weight excluding hydrogens is 671 g/mol. The lowest BCUT2D eigenvalue weighted by molar-refractivity contribution is -0.131. The Morgan fingerprint density at radius 1 is 0.870 bits per heavy atom. The number of nitrogens with zero attached hydrogens (tertiary/aromatic N) is 4. The van der Waals surface area contributed by atoms with Crippen molar-refractivity contribution >= 4 is 18.2 Å². The van der Waals surface area contributed by atoms with Crippen LogP contribution >= 0.6 is 0 Å². The number of fused-ring (bicyclic) bond motifs is 2. The van der Waals surface area contributed by atoms with Crippen LogP contribution in [0, 0.1) is 6.92 Å². The van der Waals surface area contributed by atoms with Crippen molar-refractivity contribution in [1.82, 2.24) is 19.3 Å². The molecule has 0 aliphatic carbocycles. The van der Waals surface area contributed by atoms with Crippen molar-refractivity contribution < 1.29 is 14.4 Å². The van der Waals surface area contributed by atoms with E-state index in [0.29, 0.717) is 26.1 Å². The molecular formula is C46H61N5O3. The molecule has 0 saturated carbocycles. The fourth-order valence-electron chi connectivity index (χ4n) is 8.30. The Morgan fingerprint density at radius 3 is 2.15 bits per heavy atom. The number of benzene rings is 3. The molecule has 3 amide bonds. The molecule has 0 bridgehead atoms. The van der Waals surface area contributed by atoms with Gasteiger partial charge in [-0.05, 0) is 123 Å². The molecule has 8 nitrogen and oxygen atoms in total. The highest BCUT2D eigenvalue weighted by Gasteiger charge is 2.33. The normalized spacial score (nSPS) is 15.0. The first-order chi connectivity index (χ1) is 26.0. The number of rotatable bonds is 12. The SMILES string of the molecule is CCCCc1c(CCCC)c(-c2cc3c(cc2C(=O)N2Cc4ccccc4C[C@H]2C)CN(C(=O)Cc2ccc(CN(C)C)cc2)CC3)n(C)c1C.NC=O. The van der Waals surface area contributed by atoms with Crippen molar-refractivity contribution in [2.24, 2.45) is 12.8 Å². The summed E-state index contributed by atoms with van der Waals surface area (Å²) in [5.41, 5.74) is 18.6. The maximum atomic E-state index is 15.0. The van der Waals surface area contributed by atoms with Crippen LogP contribution in [0.5, 0.6) is 0 Å². The average molecular weight is 732 g/mol. The maximum absolute atomic E-state index is 15.0. The lowest BCUT2D eigenvalue weighted by atomic mass is 9.87. The summed E-state index contributed by atoms with van der Waals surface area (Å²) in [4.78, 5) is 43.5. The number of hydrogen-bond donors (Lipinski definition) is 1. The second-order valence-corrected chi connectivity index (χ2v) is 15.5. The summed E-state index contributed by atoms with van der Waals surface area (Å²) in [6, 6.07) is 21.5. The van der Waals surface area contributed by atoms with Crippen LogP contribution in [0.25, 0.3) is 11.3 Å². The number of unbranched alkanes of at least 4 members (excludes halogenated alkanes) is 2. The number of primary amides is 1. The molecule has 1 atom stereocenters. The van der Waals surface area contributed by atoms with Crippen molar-refractivity contribution in [3.8, 4) is 11.3 Å². The number of aromatic nitrogens is 1. The fourth-order valence-corrected chi connectivity index (χ4v) is 8.30. The monoisotopic (exact) mass is 731 g/mol. The lowest BCUT2D eigenvalue weighted by Crippen LogP contribution is -2.43. The summed E-state index contributed by atoms with van der Waals surface area (Å²) in [6.07, 6.45) is 8.93. The minimum atomic E-state index is 0.0893. The van der Waals surface area contributed by atoms with E-state index in [9.17, 15) is 9.59 Å². The highest BCUT2D eigenvalue weighted by molar-refractivity contribution is 6.02. The molecule has 4 aromatic rings. The number of nitrogens with two attached hydrogens (primary N) is 1. The third-order valence-electron chi connectivity index (χ3n) is 11.3. The van der Waals surface area contributed by atoms with Gasteiger partial charge in [0.05, 0.1) is 12.1 Å². The van der Waals surface area contributed by atoms with E-state index < -0.39 is 0 Å². The first-order valence-electron chi connectivity index (χ1n) is 19.9. The average Bonchev–Trinajstić information content (AvgIpc) is 3.39. The Balaban J connectivity index is 0.00000181. The van der Waals surface area contributed by atoms with Gasteiger partial charge < -0.3 is 25.0 Å². The van der Waals surface area contributed by atoms with Gasteiger partial charge in [-0.15, -0.1) is 0 Å². The zero-order valence-electron chi connectivity index (χ0n) is 33.7. The second kappa shape index (κ2) is 18.6. The van der Waals surface area contributed by atoms with Gasteiger partial charge in [0.2, 0.25) is 12.3 Å². The molecule has 3 aromatic carbocycles. The molecule has 288 valence electrons. The van der Waals surface area contributed by atoms with Crippen LogP contribution in [0.1, 0.15) is 107 Å². The molecule has 2 aliphatic rings. The van der Waals surface area contributed by atoms with Crippen LogP contribution in [0.15, 0.2) is 60.7 Å². The number of carbonyl (C=O) groups is 3. The molecule has 0 unspecified atom stereocenters. The summed E-state index contributed by atoms with van der Waals surface area (Å²) < 4.78 is 2.37. The van der Waals surface area contributed by atoms with E-state index in [0.717, 1.165) is 80.2 Å². The quantitative estimate of drug-likeness (QED) is 0.152. The Labute approximate surface area is 323 Å². The van der Waals surface area contributed by atoms with Crippen LogP contribution in [-0.4, -0.2) is 64.2 Å². The summed E-state index contributed by atoms with van der Waals surface area (Å²) in [5.74, 6) is 0.228. The van der Waals surface area contributed by atoms with Crippen molar-refractivity contribution in [2.75, 3.05) is 20.6 Å². The second-order valence-electron chi connectivity index (χ2n) is 15.5. The lowest BCUT2D eigenvalue weighted by Gasteiger charge is -2.36. The van der Waals surface area contributed by atoms with E-state index in [1.54, 1.807) is 0 Å². The third kappa shape index (κ3) is 9.15. The van der Waals surface area contributed by atoms with E-state index in [-0.39, 0.29) is 24.3 Å². The first-order valence-corrected chi connectivity index (χ1v) is 19.9. The van der Waals surface area contributed by atoms with Gasteiger partial charge in [0.25, 0.3) is 5.91 Å². The highest BCUT2D eigenvalue weighted by atomic mass is 16.2. The molecule has 6 rings (SSSR count). The van der Waals surface area contributed by atoms with Crippen molar-refractivity contribution in [3.63, 3.8) is 0 Å². The summed E-state index contributed by atoms with van der Waals surface area (Å²) >= 11 is 0. The van der Waals surface area contributed by atoms with Crippen LogP contribution in [0.2, 0.25) is 0 Å². The van der Waals surface area contributed by atoms with Gasteiger partial charge in [0.1, 0.15) is 0 Å². The Hall–Kier alpha value is -4.69. The number of amides is 3. The molecule has 0 saturated heterocycles. The van der Waals surface area contributed by atoms with E-state index >= 15 is 0 Å².